The Bertz CT molecular complexity index is 384. The molecule has 0 saturated carbocycles. The number of hydrogen-bond acceptors (Lipinski definition) is 4. The highest BCUT2D eigenvalue weighted by atomic mass is 16.5. The van der Waals surface area contributed by atoms with Gasteiger partial charge in [-0.3, -0.25) is 0 Å². The molecule has 0 radical (unpaired) electrons. The number of hydrogen-bond donors (Lipinski definition) is 1. The summed E-state index contributed by atoms with van der Waals surface area (Å²) in [6, 6.07) is 0. The van der Waals surface area contributed by atoms with E-state index in [2.05, 4.69) is 12.0 Å². The van der Waals surface area contributed by atoms with E-state index in [1.54, 1.807) is 0 Å². The van der Waals surface area contributed by atoms with Gasteiger partial charge in [0.25, 0.3) is 0 Å². The summed E-state index contributed by atoms with van der Waals surface area (Å²) < 4.78 is 13.3. The molecule has 0 bridgehead atoms. The molecule has 1 saturated heterocycles. The van der Waals surface area contributed by atoms with E-state index in [0.717, 1.165) is 38.1 Å². The Labute approximate surface area is 108 Å². The van der Waals surface area contributed by atoms with Crippen LogP contribution in [-0.2, 0) is 11.3 Å². The Morgan fingerprint density at radius 3 is 3.00 bits per heavy atom. The summed E-state index contributed by atoms with van der Waals surface area (Å²) in [6.45, 7) is 6.27. The van der Waals surface area contributed by atoms with Crippen molar-refractivity contribution in [3.05, 3.63) is 5.69 Å². The summed E-state index contributed by atoms with van der Waals surface area (Å²) in [5, 5.41) is 4.39. The summed E-state index contributed by atoms with van der Waals surface area (Å²) in [5.41, 5.74) is 7.49. The minimum Gasteiger partial charge on any atom is -0.474 e. The normalized spacial score (nSPS) is 20.0. The van der Waals surface area contributed by atoms with Crippen molar-refractivity contribution in [1.29, 1.82) is 0 Å². The van der Waals surface area contributed by atoms with Gasteiger partial charge >= 0.3 is 0 Å². The van der Waals surface area contributed by atoms with Crippen molar-refractivity contribution in [2.24, 2.45) is 0 Å². The lowest BCUT2D eigenvalue weighted by atomic mass is 10.1. The number of rotatable bonds is 5. The fraction of sp³-hybridized carbons (Fsp3) is 0.769. The van der Waals surface area contributed by atoms with Crippen molar-refractivity contribution in [3.63, 3.8) is 0 Å². The van der Waals surface area contributed by atoms with Crippen LogP contribution < -0.4 is 10.5 Å². The molecule has 5 heteroatoms. The van der Waals surface area contributed by atoms with Gasteiger partial charge in [0.05, 0.1) is 11.8 Å². The molecule has 2 heterocycles. The third-order valence-electron chi connectivity index (χ3n) is 3.24. The summed E-state index contributed by atoms with van der Waals surface area (Å²) in [6.07, 6.45) is 4.66. The largest absolute Gasteiger partial charge is 0.474 e. The van der Waals surface area contributed by atoms with Gasteiger partial charge in [-0.1, -0.05) is 6.92 Å². The van der Waals surface area contributed by atoms with Gasteiger partial charge in [-0.2, -0.15) is 5.10 Å². The topological polar surface area (TPSA) is 62.3 Å². The first-order chi connectivity index (χ1) is 8.72. The van der Waals surface area contributed by atoms with E-state index < -0.39 is 0 Å². The van der Waals surface area contributed by atoms with Crippen molar-refractivity contribution in [2.45, 2.75) is 52.2 Å². The second-order valence-corrected chi connectivity index (χ2v) is 4.83. The predicted octanol–water partition coefficient (Wildman–Crippen LogP) is 2.13. The molecule has 0 spiro atoms. The van der Waals surface area contributed by atoms with Gasteiger partial charge in [-0.25, -0.2) is 4.68 Å². The van der Waals surface area contributed by atoms with E-state index in [1.165, 1.54) is 6.42 Å². The summed E-state index contributed by atoms with van der Waals surface area (Å²) in [4.78, 5) is 0. The van der Waals surface area contributed by atoms with Crippen LogP contribution in [0.25, 0.3) is 0 Å². The molecule has 2 N–H and O–H groups in total. The Morgan fingerprint density at radius 2 is 2.33 bits per heavy atom. The zero-order valence-corrected chi connectivity index (χ0v) is 11.3. The van der Waals surface area contributed by atoms with E-state index >= 15 is 0 Å². The van der Waals surface area contributed by atoms with E-state index in [-0.39, 0.29) is 6.10 Å². The van der Waals surface area contributed by atoms with Crippen molar-refractivity contribution in [2.75, 3.05) is 18.9 Å². The summed E-state index contributed by atoms with van der Waals surface area (Å²) in [7, 11) is 0. The molecular formula is C13H23N3O2. The SMILES string of the molecule is CCCn1nc(C)c(N)c1OCC1CCCCO1. The van der Waals surface area contributed by atoms with E-state index in [9.17, 15) is 0 Å². The van der Waals surface area contributed by atoms with E-state index in [1.807, 2.05) is 11.6 Å². The molecule has 1 aromatic heterocycles. The van der Waals surface area contributed by atoms with Gasteiger partial charge in [-0.15, -0.1) is 0 Å². The Balaban J connectivity index is 1.98. The zero-order valence-electron chi connectivity index (χ0n) is 11.3. The first-order valence-electron chi connectivity index (χ1n) is 6.79. The number of anilines is 1. The number of nitrogen functional groups attached to an aromatic ring is 1. The van der Waals surface area contributed by atoms with Crippen LogP contribution >= 0.6 is 0 Å². The molecule has 2 rings (SSSR count). The predicted molar refractivity (Wildman–Crippen MR) is 70.8 cm³/mol. The number of aryl methyl sites for hydroxylation is 2. The first-order valence-corrected chi connectivity index (χ1v) is 6.79. The smallest absolute Gasteiger partial charge is 0.236 e. The molecule has 1 aliphatic rings. The maximum atomic E-state index is 6.00. The fourth-order valence-corrected chi connectivity index (χ4v) is 2.20. The monoisotopic (exact) mass is 253 g/mol. The number of nitrogens with zero attached hydrogens (tertiary/aromatic N) is 2. The second kappa shape index (κ2) is 6.09. The van der Waals surface area contributed by atoms with E-state index in [0.29, 0.717) is 18.2 Å². The average molecular weight is 253 g/mol. The molecule has 0 amide bonds. The Morgan fingerprint density at radius 1 is 1.50 bits per heavy atom. The standard InChI is InChI=1S/C13H23N3O2/c1-3-7-16-13(12(14)10(2)15-16)18-9-11-6-4-5-8-17-11/h11H,3-9,14H2,1-2H3. The highest BCUT2D eigenvalue weighted by Crippen LogP contribution is 2.26. The molecule has 18 heavy (non-hydrogen) atoms. The number of aromatic nitrogens is 2. The average Bonchev–Trinajstić information content (AvgIpc) is 2.65. The van der Waals surface area contributed by atoms with Crippen LogP contribution in [0.5, 0.6) is 5.88 Å². The van der Waals surface area contributed by atoms with Crippen molar-refractivity contribution in [3.8, 4) is 5.88 Å². The number of ether oxygens (including phenoxy) is 2. The summed E-state index contributed by atoms with van der Waals surface area (Å²) >= 11 is 0. The number of nitrogens with two attached hydrogens (primary N) is 1. The van der Waals surface area contributed by atoms with Crippen LogP contribution in [-0.4, -0.2) is 29.1 Å². The highest BCUT2D eigenvalue weighted by molar-refractivity contribution is 5.52. The van der Waals surface area contributed by atoms with Crippen molar-refractivity contribution >= 4 is 5.69 Å². The highest BCUT2D eigenvalue weighted by Gasteiger charge is 2.18. The third kappa shape index (κ3) is 2.96. The molecule has 1 atom stereocenters. The lowest BCUT2D eigenvalue weighted by molar-refractivity contribution is -0.0127. The van der Waals surface area contributed by atoms with Crippen molar-refractivity contribution < 1.29 is 9.47 Å². The van der Waals surface area contributed by atoms with Gasteiger partial charge < -0.3 is 15.2 Å². The van der Waals surface area contributed by atoms with Gasteiger partial charge in [0, 0.05) is 13.2 Å². The maximum Gasteiger partial charge on any atom is 0.236 e. The molecule has 1 aliphatic heterocycles. The first kappa shape index (κ1) is 13.2. The van der Waals surface area contributed by atoms with Crippen LogP contribution in [0.1, 0.15) is 38.3 Å². The van der Waals surface area contributed by atoms with Crippen molar-refractivity contribution in [1.82, 2.24) is 9.78 Å². The van der Waals surface area contributed by atoms with Crippen LogP contribution in [0.15, 0.2) is 0 Å². The Kier molecular flexibility index (Phi) is 4.47. The van der Waals surface area contributed by atoms with Crippen LogP contribution in [0.2, 0.25) is 0 Å². The van der Waals surface area contributed by atoms with Gasteiger partial charge in [0.15, 0.2) is 0 Å². The molecule has 102 valence electrons. The molecule has 5 nitrogen and oxygen atoms in total. The molecule has 1 aromatic rings. The lowest BCUT2D eigenvalue weighted by Gasteiger charge is -2.22. The van der Waals surface area contributed by atoms with Crippen LogP contribution in [0, 0.1) is 6.92 Å². The summed E-state index contributed by atoms with van der Waals surface area (Å²) in [5.74, 6) is 0.698. The third-order valence-corrected chi connectivity index (χ3v) is 3.24. The van der Waals surface area contributed by atoms with Gasteiger partial charge in [-0.05, 0) is 32.6 Å². The quantitative estimate of drug-likeness (QED) is 0.873. The Hall–Kier alpha value is -1.23. The molecule has 1 fully saturated rings. The zero-order chi connectivity index (χ0) is 13.0. The molecule has 1 unspecified atom stereocenters. The molecular weight excluding hydrogens is 230 g/mol. The second-order valence-electron chi connectivity index (χ2n) is 4.83. The van der Waals surface area contributed by atoms with Crippen LogP contribution in [0.3, 0.4) is 0 Å². The van der Waals surface area contributed by atoms with Crippen LogP contribution in [0.4, 0.5) is 5.69 Å². The lowest BCUT2D eigenvalue weighted by Crippen LogP contribution is -2.26. The minimum atomic E-state index is 0.198. The van der Waals surface area contributed by atoms with E-state index in [4.69, 9.17) is 15.2 Å². The minimum absolute atomic E-state index is 0.198. The fourth-order valence-electron chi connectivity index (χ4n) is 2.20. The molecule has 0 aromatic carbocycles. The van der Waals surface area contributed by atoms with Gasteiger partial charge in [0.2, 0.25) is 5.88 Å². The van der Waals surface area contributed by atoms with Gasteiger partial charge in [0.1, 0.15) is 12.3 Å². The molecule has 0 aliphatic carbocycles. The maximum absolute atomic E-state index is 6.00.